The van der Waals surface area contributed by atoms with Gasteiger partial charge in [-0.3, -0.25) is 9.48 Å². The summed E-state index contributed by atoms with van der Waals surface area (Å²) in [5.74, 6) is -0.416. The molecule has 0 saturated heterocycles. The lowest BCUT2D eigenvalue weighted by atomic mass is 10.1. The van der Waals surface area contributed by atoms with Crippen LogP contribution in [0.4, 0.5) is 5.69 Å². The highest BCUT2D eigenvalue weighted by Crippen LogP contribution is 2.29. The van der Waals surface area contributed by atoms with Gasteiger partial charge in [0.25, 0.3) is 5.91 Å². The Morgan fingerprint density at radius 1 is 1.25 bits per heavy atom. The number of carbonyl (C=O) groups excluding carboxylic acids is 2. The highest BCUT2D eigenvalue weighted by molar-refractivity contribution is 6.00. The van der Waals surface area contributed by atoms with Crippen LogP contribution < -0.4 is 10.1 Å². The van der Waals surface area contributed by atoms with Gasteiger partial charge in [-0.05, 0) is 45.9 Å². The summed E-state index contributed by atoms with van der Waals surface area (Å²) in [6, 6.07) is 5.26. The topological polar surface area (TPSA) is 95.6 Å². The minimum atomic E-state index is -1.01. The first-order chi connectivity index (χ1) is 13.2. The van der Waals surface area contributed by atoms with Crippen LogP contribution in [0.15, 0.2) is 22.6 Å². The molecule has 148 valence electrons. The predicted octanol–water partition coefficient (Wildman–Crippen LogP) is 3.28. The quantitative estimate of drug-likeness (QED) is 0.677. The molecule has 8 nitrogen and oxygen atoms in total. The maximum atomic E-state index is 12.6. The molecule has 1 aromatic carbocycles. The summed E-state index contributed by atoms with van der Waals surface area (Å²) >= 11 is 0. The summed E-state index contributed by atoms with van der Waals surface area (Å²) in [6.07, 6.45) is -1.01. The molecule has 0 aliphatic heterocycles. The maximum absolute atomic E-state index is 12.6. The number of esters is 1. The van der Waals surface area contributed by atoms with E-state index in [-0.39, 0.29) is 5.76 Å². The number of methoxy groups -OCH3 is 1. The first kappa shape index (κ1) is 19.5. The van der Waals surface area contributed by atoms with E-state index >= 15 is 0 Å². The summed E-state index contributed by atoms with van der Waals surface area (Å²) in [5, 5.41) is 7.77. The molecular formula is C20H23N3O5. The van der Waals surface area contributed by atoms with Crippen molar-refractivity contribution >= 4 is 28.5 Å². The number of furan rings is 1. The fourth-order valence-corrected chi connectivity index (χ4v) is 2.97. The molecule has 1 amide bonds. The molecule has 1 N–H and O–H groups in total. The molecule has 1 atom stereocenters. The van der Waals surface area contributed by atoms with Gasteiger partial charge in [0, 0.05) is 18.0 Å². The predicted molar refractivity (Wildman–Crippen MR) is 104 cm³/mol. The van der Waals surface area contributed by atoms with E-state index in [0.717, 1.165) is 11.1 Å². The monoisotopic (exact) mass is 385 g/mol. The SMILES string of the molecule is COc1ccc2oc(C(=O)O[C@@H](C)C(=O)Nc3c(C)nn(C)c3C)c(C)c2c1. The van der Waals surface area contributed by atoms with E-state index in [1.54, 1.807) is 50.9 Å². The van der Waals surface area contributed by atoms with Crippen LogP contribution in [0.5, 0.6) is 5.75 Å². The first-order valence-electron chi connectivity index (χ1n) is 8.82. The molecule has 0 aliphatic carbocycles. The van der Waals surface area contributed by atoms with Gasteiger partial charge in [0.05, 0.1) is 24.2 Å². The van der Waals surface area contributed by atoms with Gasteiger partial charge < -0.3 is 19.2 Å². The van der Waals surface area contributed by atoms with E-state index in [0.29, 0.717) is 28.3 Å². The molecule has 0 unspecified atom stereocenters. The molecule has 2 aromatic heterocycles. The molecule has 3 rings (SSSR count). The van der Waals surface area contributed by atoms with E-state index in [2.05, 4.69) is 10.4 Å². The second-order valence-electron chi connectivity index (χ2n) is 6.62. The van der Waals surface area contributed by atoms with Crippen LogP contribution in [0.1, 0.15) is 34.4 Å². The Morgan fingerprint density at radius 3 is 2.57 bits per heavy atom. The molecule has 3 aromatic rings. The van der Waals surface area contributed by atoms with Gasteiger partial charge in [-0.1, -0.05) is 0 Å². The molecule has 8 heteroatoms. The number of anilines is 1. The Bertz CT molecular complexity index is 1060. The molecule has 2 heterocycles. The van der Waals surface area contributed by atoms with E-state index in [4.69, 9.17) is 13.9 Å². The van der Waals surface area contributed by atoms with Crippen molar-refractivity contribution in [2.45, 2.75) is 33.8 Å². The number of amides is 1. The van der Waals surface area contributed by atoms with E-state index in [1.165, 1.54) is 6.92 Å². The highest BCUT2D eigenvalue weighted by Gasteiger charge is 2.25. The van der Waals surface area contributed by atoms with Gasteiger partial charge in [0.15, 0.2) is 6.10 Å². The van der Waals surface area contributed by atoms with Gasteiger partial charge in [-0.25, -0.2) is 4.79 Å². The third-order valence-corrected chi connectivity index (χ3v) is 4.74. The molecule has 0 spiro atoms. The molecule has 0 saturated carbocycles. The van der Waals surface area contributed by atoms with Gasteiger partial charge in [0.1, 0.15) is 11.3 Å². The fraction of sp³-hybridized carbons (Fsp3) is 0.350. The Balaban J connectivity index is 1.76. The lowest BCUT2D eigenvalue weighted by molar-refractivity contribution is -0.123. The van der Waals surface area contributed by atoms with Crippen molar-refractivity contribution in [2.24, 2.45) is 7.05 Å². The Hall–Kier alpha value is -3.29. The highest BCUT2D eigenvalue weighted by atomic mass is 16.6. The Morgan fingerprint density at radius 2 is 1.96 bits per heavy atom. The Kier molecular flexibility index (Phi) is 5.13. The van der Waals surface area contributed by atoms with Crippen LogP contribution >= 0.6 is 0 Å². The largest absolute Gasteiger partial charge is 0.497 e. The van der Waals surface area contributed by atoms with Gasteiger partial charge in [-0.2, -0.15) is 5.10 Å². The fourth-order valence-electron chi connectivity index (χ4n) is 2.97. The average molecular weight is 385 g/mol. The number of aromatic nitrogens is 2. The van der Waals surface area contributed by atoms with Crippen molar-refractivity contribution in [3.8, 4) is 5.75 Å². The minimum absolute atomic E-state index is 0.0663. The number of nitrogens with zero attached hydrogens (tertiary/aromatic N) is 2. The lowest BCUT2D eigenvalue weighted by Crippen LogP contribution is -2.30. The van der Waals surface area contributed by atoms with Crippen LogP contribution in [-0.4, -0.2) is 34.9 Å². The summed E-state index contributed by atoms with van der Waals surface area (Å²) in [4.78, 5) is 25.0. The summed E-state index contributed by atoms with van der Waals surface area (Å²) in [7, 11) is 3.36. The number of rotatable bonds is 5. The summed E-state index contributed by atoms with van der Waals surface area (Å²) < 4.78 is 17.8. The number of carbonyl (C=O) groups is 2. The third-order valence-electron chi connectivity index (χ3n) is 4.74. The molecule has 0 fully saturated rings. The lowest BCUT2D eigenvalue weighted by Gasteiger charge is -2.13. The number of hydrogen-bond acceptors (Lipinski definition) is 6. The number of ether oxygens (including phenoxy) is 2. The van der Waals surface area contributed by atoms with Crippen LogP contribution in [0.2, 0.25) is 0 Å². The smallest absolute Gasteiger partial charge is 0.375 e. The summed E-state index contributed by atoms with van der Waals surface area (Å²) in [6.45, 7) is 6.91. The standard InChI is InChI=1S/C20H23N3O5/c1-10-15-9-14(26-6)7-8-16(15)28-18(10)20(25)27-13(4)19(24)21-17-11(2)22-23(5)12(17)3/h7-9,13H,1-6H3,(H,21,24)/t13-/m0/s1. The van der Waals surface area contributed by atoms with Crippen molar-refractivity contribution < 1.29 is 23.5 Å². The van der Waals surface area contributed by atoms with Crippen molar-refractivity contribution in [3.05, 3.63) is 40.9 Å². The molecule has 28 heavy (non-hydrogen) atoms. The molecular weight excluding hydrogens is 362 g/mol. The Labute approximate surface area is 162 Å². The van der Waals surface area contributed by atoms with Crippen molar-refractivity contribution in [2.75, 3.05) is 12.4 Å². The second-order valence-corrected chi connectivity index (χ2v) is 6.62. The van der Waals surface area contributed by atoms with E-state index < -0.39 is 18.0 Å². The van der Waals surface area contributed by atoms with Gasteiger partial charge in [-0.15, -0.1) is 0 Å². The van der Waals surface area contributed by atoms with Crippen molar-refractivity contribution in [1.82, 2.24) is 9.78 Å². The van der Waals surface area contributed by atoms with Crippen molar-refractivity contribution in [3.63, 3.8) is 0 Å². The zero-order valence-electron chi connectivity index (χ0n) is 16.7. The number of fused-ring (bicyclic) bond motifs is 1. The van der Waals surface area contributed by atoms with Crippen LogP contribution in [-0.2, 0) is 16.6 Å². The summed E-state index contributed by atoms with van der Waals surface area (Å²) in [5.41, 5.74) is 3.29. The van der Waals surface area contributed by atoms with Gasteiger partial charge in [0.2, 0.25) is 5.76 Å². The number of benzene rings is 1. The second kappa shape index (κ2) is 7.38. The number of nitrogens with one attached hydrogen (secondary N) is 1. The maximum Gasteiger partial charge on any atom is 0.375 e. The molecule has 0 aliphatic rings. The average Bonchev–Trinajstić information content (AvgIpc) is 3.12. The van der Waals surface area contributed by atoms with Gasteiger partial charge >= 0.3 is 5.97 Å². The molecule has 0 bridgehead atoms. The van der Waals surface area contributed by atoms with Crippen LogP contribution in [0.25, 0.3) is 11.0 Å². The zero-order valence-corrected chi connectivity index (χ0v) is 16.7. The number of hydrogen-bond donors (Lipinski definition) is 1. The number of aryl methyl sites for hydroxylation is 3. The zero-order chi connectivity index (χ0) is 20.6. The van der Waals surface area contributed by atoms with Crippen LogP contribution in [0.3, 0.4) is 0 Å². The van der Waals surface area contributed by atoms with Crippen LogP contribution in [0, 0.1) is 20.8 Å². The minimum Gasteiger partial charge on any atom is -0.497 e. The normalized spacial score (nSPS) is 12.1. The van der Waals surface area contributed by atoms with E-state index in [9.17, 15) is 9.59 Å². The van der Waals surface area contributed by atoms with Crippen molar-refractivity contribution in [1.29, 1.82) is 0 Å². The third kappa shape index (κ3) is 3.45. The first-order valence-corrected chi connectivity index (χ1v) is 8.82. The molecule has 0 radical (unpaired) electrons. The van der Waals surface area contributed by atoms with E-state index in [1.807, 2.05) is 6.92 Å².